The average molecular weight is 298 g/mol. The summed E-state index contributed by atoms with van der Waals surface area (Å²) in [5, 5.41) is 6.16. The smallest absolute Gasteiger partial charge is 0.224 e. The first-order chi connectivity index (χ1) is 10.7. The zero-order valence-electron chi connectivity index (χ0n) is 12.6. The molecule has 0 radical (unpaired) electrons. The van der Waals surface area contributed by atoms with Crippen LogP contribution in [0.1, 0.15) is 18.4 Å². The number of rotatable bonds is 8. The monoisotopic (exact) mass is 298 g/mol. The van der Waals surface area contributed by atoms with Gasteiger partial charge in [-0.3, -0.25) is 4.79 Å². The molecule has 0 fully saturated rings. The van der Waals surface area contributed by atoms with E-state index in [2.05, 4.69) is 15.6 Å². The maximum Gasteiger partial charge on any atom is 0.224 e. The van der Waals surface area contributed by atoms with E-state index >= 15 is 0 Å². The summed E-state index contributed by atoms with van der Waals surface area (Å²) >= 11 is 0. The SMILES string of the molecule is Nc1ccc(NCCCCNC(=O)Cc2ccccc2)nc1. The Morgan fingerprint density at radius 1 is 1.05 bits per heavy atom. The minimum Gasteiger partial charge on any atom is -0.397 e. The normalized spacial score (nSPS) is 10.2. The van der Waals surface area contributed by atoms with E-state index in [0.717, 1.165) is 30.8 Å². The quantitative estimate of drug-likeness (QED) is 0.653. The second kappa shape index (κ2) is 8.67. The lowest BCUT2D eigenvalue weighted by molar-refractivity contribution is -0.120. The number of unbranched alkanes of at least 4 members (excludes halogenated alkanes) is 1. The first-order valence-electron chi connectivity index (χ1n) is 7.50. The first-order valence-corrected chi connectivity index (χ1v) is 7.50. The summed E-state index contributed by atoms with van der Waals surface area (Å²) in [6, 6.07) is 13.4. The number of aromatic nitrogens is 1. The third kappa shape index (κ3) is 5.83. The van der Waals surface area contributed by atoms with Crippen LogP contribution in [0, 0.1) is 0 Å². The summed E-state index contributed by atoms with van der Waals surface area (Å²) in [6.45, 7) is 1.52. The standard InChI is InChI=1S/C17H22N4O/c18-15-8-9-16(21-13-15)19-10-4-5-11-20-17(22)12-14-6-2-1-3-7-14/h1-3,6-9,13H,4-5,10-12,18H2,(H,19,21)(H,20,22). The molecule has 2 aromatic rings. The molecule has 0 atom stereocenters. The highest BCUT2D eigenvalue weighted by atomic mass is 16.1. The van der Waals surface area contributed by atoms with Crippen molar-refractivity contribution in [1.29, 1.82) is 0 Å². The van der Waals surface area contributed by atoms with Crippen molar-refractivity contribution >= 4 is 17.4 Å². The molecule has 0 saturated carbocycles. The van der Waals surface area contributed by atoms with Crippen molar-refractivity contribution in [2.24, 2.45) is 0 Å². The lowest BCUT2D eigenvalue weighted by Gasteiger charge is -2.07. The molecule has 0 spiro atoms. The Morgan fingerprint density at radius 3 is 2.55 bits per heavy atom. The Balaban J connectivity index is 1.54. The fourth-order valence-corrected chi connectivity index (χ4v) is 2.05. The van der Waals surface area contributed by atoms with Gasteiger partial charge in [-0.1, -0.05) is 30.3 Å². The molecule has 22 heavy (non-hydrogen) atoms. The highest BCUT2D eigenvalue weighted by molar-refractivity contribution is 5.78. The van der Waals surface area contributed by atoms with Gasteiger partial charge in [-0.25, -0.2) is 4.98 Å². The molecule has 0 unspecified atom stereocenters. The van der Waals surface area contributed by atoms with E-state index in [0.29, 0.717) is 18.7 Å². The summed E-state index contributed by atoms with van der Waals surface area (Å²) in [5.74, 6) is 0.890. The van der Waals surface area contributed by atoms with Crippen LogP contribution < -0.4 is 16.4 Å². The van der Waals surface area contributed by atoms with E-state index in [1.807, 2.05) is 42.5 Å². The molecule has 5 heteroatoms. The minimum absolute atomic E-state index is 0.0689. The molecule has 1 heterocycles. The van der Waals surface area contributed by atoms with Gasteiger partial charge >= 0.3 is 0 Å². The van der Waals surface area contributed by atoms with Gasteiger partial charge in [-0.05, 0) is 30.5 Å². The van der Waals surface area contributed by atoms with E-state index in [1.54, 1.807) is 6.20 Å². The molecule has 116 valence electrons. The van der Waals surface area contributed by atoms with E-state index in [9.17, 15) is 4.79 Å². The number of carbonyl (C=O) groups excluding carboxylic acids is 1. The molecule has 0 aliphatic heterocycles. The van der Waals surface area contributed by atoms with Crippen LogP contribution in [-0.4, -0.2) is 24.0 Å². The molecule has 1 amide bonds. The molecule has 1 aromatic heterocycles. The van der Waals surface area contributed by atoms with Crippen LogP contribution in [0.2, 0.25) is 0 Å². The van der Waals surface area contributed by atoms with Crippen molar-refractivity contribution in [3.8, 4) is 0 Å². The summed E-state index contributed by atoms with van der Waals surface area (Å²) in [7, 11) is 0. The Kier molecular flexibility index (Phi) is 6.23. The van der Waals surface area contributed by atoms with E-state index in [1.165, 1.54) is 0 Å². The fraction of sp³-hybridized carbons (Fsp3) is 0.294. The van der Waals surface area contributed by atoms with Gasteiger partial charge in [-0.15, -0.1) is 0 Å². The highest BCUT2D eigenvalue weighted by Crippen LogP contribution is 2.05. The molecule has 0 saturated heterocycles. The zero-order chi connectivity index (χ0) is 15.6. The van der Waals surface area contributed by atoms with E-state index in [-0.39, 0.29) is 5.91 Å². The molecule has 0 aliphatic carbocycles. The Hall–Kier alpha value is -2.56. The largest absolute Gasteiger partial charge is 0.397 e. The number of nitrogen functional groups attached to an aromatic ring is 1. The number of anilines is 2. The minimum atomic E-state index is 0.0689. The molecule has 0 aliphatic rings. The van der Waals surface area contributed by atoms with Gasteiger partial charge in [0.05, 0.1) is 18.3 Å². The van der Waals surface area contributed by atoms with Crippen LogP contribution >= 0.6 is 0 Å². The number of nitrogens with zero attached hydrogens (tertiary/aromatic N) is 1. The van der Waals surface area contributed by atoms with Gasteiger partial charge < -0.3 is 16.4 Å². The molecule has 2 rings (SSSR count). The number of nitrogens with one attached hydrogen (secondary N) is 2. The molecule has 4 N–H and O–H groups in total. The average Bonchev–Trinajstić information content (AvgIpc) is 2.53. The second-order valence-corrected chi connectivity index (χ2v) is 5.12. The van der Waals surface area contributed by atoms with Gasteiger partial charge in [-0.2, -0.15) is 0 Å². The third-order valence-corrected chi connectivity index (χ3v) is 3.23. The van der Waals surface area contributed by atoms with Crippen molar-refractivity contribution in [3.63, 3.8) is 0 Å². The predicted octanol–water partition coefficient (Wildman–Crippen LogP) is 2.21. The van der Waals surface area contributed by atoms with Crippen LogP contribution in [0.3, 0.4) is 0 Å². The van der Waals surface area contributed by atoms with Crippen LogP contribution in [0.25, 0.3) is 0 Å². The number of pyridine rings is 1. The maximum atomic E-state index is 11.7. The van der Waals surface area contributed by atoms with Crippen molar-refractivity contribution in [2.45, 2.75) is 19.3 Å². The first kappa shape index (κ1) is 15.8. The molecule has 1 aromatic carbocycles. The zero-order valence-corrected chi connectivity index (χ0v) is 12.6. The number of hydrogen-bond donors (Lipinski definition) is 3. The van der Waals surface area contributed by atoms with Crippen LogP contribution in [0.15, 0.2) is 48.7 Å². The summed E-state index contributed by atoms with van der Waals surface area (Å²) in [5.41, 5.74) is 7.27. The predicted molar refractivity (Wildman–Crippen MR) is 89.5 cm³/mol. The molecule has 5 nitrogen and oxygen atoms in total. The topological polar surface area (TPSA) is 80.0 Å². The third-order valence-electron chi connectivity index (χ3n) is 3.23. The lowest BCUT2D eigenvalue weighted by atomic mass is 10.1. The molecular formula is C17H22N4O. The molecule has 0 bridgehead atoms. The summed E-state index contributed by atoms with van der Waals surface area (Å²) < 4.78 is 0. The van der Waals surface area contributed by atoms with Crippen molar-refractivity contribution in [2.75, 3.05) is 24.1 Å². The number of benzene rings is 1. The van der Waals surface area contributed by atoms with Crippen molar-refractivity contribution in [1.82, 2.24) is 10.3 Å². The van der Waals surface area contributed by atoms with Gasteiger partial charge in [0.2, 0.25) is 5.91 Å². The maximum absolute atomic E-state index is 11.7. The number of carbonyl (C=O) groups is 1. The van der Waals surface area contributed by atoms with E-state index < -0.39 is 0 Å². The summed E-state index contributed by atoms with van der Waals surface area (Å²) in [6.07, 6.45) is 3.97. The Morgan fingerprint density at radius 2 is 1.82 bits per heavy atom. The number of hydrogen-bond acceptors (Lipinski definition) is 4. The van der Waals surface area contributed by atoms with Gasteiger partial charge in [0.25, 0.3) is 0 Å². The van der Waals surface area contributed by atoms with Crippen molar-refractivity contribution in [3.05, 3.63) is 54.2 Å². The lowest BCUT2D eigenvalue weighted by Crippen LogP contribution is -2.26. The van der Waals surface area contributed by atoms with Gasteiger partial charge in [0.1, 0.15) is 5.82 Å². The second-order valence-electron chi connectivity index (χ2n) is 5.12. The molecular weight excluding hydrogens is 276 g/mol. The number of nitrogens with two attached hydrogens (primary N) is 1. The number of amides is 1. The van der Waals surface area contributed by atoms with Gasteiger partial charge in [0.15, 0.2) is 0 Å². The van der Waals surface area contributed by atoms with Gasteiger partial charge in [0, 0.05) is 13.1 Å². The Bertz CT molecular complexity index is 569. The fourth-order valence-electron chi connectivity index (χ4n) is 2.05. The van der Waals surface area contributed by atoms with Crippen LogP contribution in [-0.2, 0) is 11.2 Å². The summed E-state index contributed by atoms with van der Waals surface area (Å²) in [4.78, 5) is 15.9. The van der Waals surface area contributed by atoms with E-state index in [4.69, 9.17) is 5.73 Å². The van der Waals surface area contributed by atoms with Crippen molar-refractivity contribution < 1.29 is 4.79 Å². The van der Waals surface area contributed by atoms with Crippen LogP contribution in [0.4, 0.5) is 11.5 Å². The highest BCUT2D eigenvalue weighted by Gasteiger charge is 2.01. The van der Waals surface area contributed by atoms with Crippen LogP contribution in [0.5, 0.6) is 0 Å². The Labute approximate surface area is 130 Å².